The molecule has 0 spiro atoms. The molecular formula is C21H28SSi2. The van der Waals surface area contributed by atoms with Crippen LogP contribution in [0.25, 0.3) is 0 Å². The smallest absolute Gasteiger partial charge is 0.100 e. The average Bonchev–Trinajstić information content (AvgIpc) is 3.22. The highest BCUT2D eigenvalue weighted by atomic mass is 32.2. The van der Waals surface area contributed by atoms with E-state index >= 15 is 0 Å². The lowest BCUT2D eigenvalue weighted by Crippen LogP contribution is -2.40. The summed E-state index contributed by atoms with van der Waals surface area (Å²) in [4.78, 5) is 3.52. The first-order valence-electron chi connectivity index (χ1n) is 8.73. The van der Waals surface area contributed by atoms with Crippen molar-refractivity contribution in [2.75, 3.05) is 0 Å². The number of benzene rings is 2. The van der Waals surface area contributed by atoms with Gasteiger partial charge >= 0.3 is 0 Å². The Hall–Kier alpha value is -1.04. The van der Waals surface area contributed by atoms with Crippen LogP contribution in [-0.4, -0.2) is 16.1 Å². The Morgan fingerprint density at radius 2 is 1.04 bits per heavy atom. The van der Waals surface area contributed by atoms with Gasteiger partial charge in [0.15, 0.2) is 0 Å². The average molecular weight is 369 g/mol. The van der Waals surface area contributed by atoms with E-state index in [0.717, 1.165) is 0 Å². The molecule has 0 bridgehead atoms. The van der Waals surface area contributed by atoms with E-state index in [-0.39, 0.29) is 4.75 Å². The predicted molar refractivity (Wildman–Crippen MR) is 115 cm³/mol. The fourth-order valence-corrected chi connectivity index (χ4v) is 18.3. The zero-order valence-corrected chi connectivity index (χ0v) is 18.5. The lowest BCUT2D eigenvalue weighted by molar-refractivity contribution is 0.996. The molecule has 2 aromatic carbocycles. The summed E-state index contributed by atoms with van der Waals surface area (Å²) in [7, 11) is -2.71. The third-order valence-electron chi connectivity index (χ3n) is 4.62. The van der Waals surface area contributed by atoms with Crippen LogP contribution in [0.4, 0.5) is 0 Å². The maximum Gasteiger partial charge on any atom is 0.100 e. The van der Waals surface area contributed by atoms with Gasteiger partial charge in [0.2, 0.25) is 0 Å². The molecule has 0 nitrogen and oxygen atoms in total. The number of rotatable bonds is 4. The zero-order chi connectivity index (χ0) is 17.6. The Labute approximate surface area is 153 Å². The van der Waals surface area contributed by atoms with Gasteiger partial charge in [-0.2, -0.15) is 0 Å². The van der Waals surface area contributed by atoms with Gasteiger partial charge < -0.3 is 0 Å². The van der Waals surface area contributed by atoms with Crippen molar-refractivity contribution in [2.24, 2.45) is 0 Å². The Morgan fingerprint density at radius 1 is 0.667 bits per heavy atom. The molecule has 1 saturated heterocycles. The Morgan fingerprint density at radius 3 is 1.38 bits per heavy atom. The first-order valence-corrected chi connectivity index (χ1v) is 16.5. The van der Waals surface area contributed by atoms with Gasteiger partial charge in [0.25, 0.3) is 0 Å². The van der Waals surface area contributed by atoms with Crippen LogP contribution < -0.4 is 0 Å². The molecule has 3 rings (SSSR count). The summed E-state index contributed by atoms with van der Waals surface area (Å²) in [6, 6.07) is 22.2. The van der Waals surface area contributed by atoms with Crippen LogP contribution in [0.2, 0.25) is 39.3 Å². The standard InChI is InChI=1S/C21H28SSi2/c1-23(2,3)20(24(4,5)6)19-21(22-19,17-13-9-7-10-14-17)18-15-11-8-12-16-18/h7-16H,1-6H3. The van der Waals surface area contributed by atoms with Gasteiger partial charge in [0.05, 0.1) is 16.1 Å². The van der Waals surface area contributed by atoms with Crippen LogP contribution in [-0.2, 0) is 4.75 Å². The molecule has 0 amide bonds. The first kappa shape index (κ1) is 17.8. The van der Waals surface area contributed by atoms with E-state index in [2.05, 4.69) is 112 Å². The topological polar surface area (TPSA) is 0 Å². The summed E-state index contributed by atoms with van der Waals surface area (Å²) in [6.07, 6.45) is 0. The van der Waals surface area contributed by atoms with Crippen molar-refractivity contribution in [1.82, 2.24) is 0 Å². The molecule has 0 aromatic heterocycles. The van der Waals surface area contributed by atoms with Crippen LogP contribution in [0.3, 0.4) is 0 Å². The van der Waals surface area contributed by atoms with Gasteiger partial charge in [-0.3, -0.25) is 0 Å². The van der Waals surface area contributed by atoms with Gasteiger partial charge in [-0.25, -0.2) is 0 Å². The van der Waals surface area contributed by atoms with E-state index in [9.17, 15) is 0 Å². The van der Waals surface area contributed by atoms with E-state index < -0.39 is 16.1 Å². The summed E-state index contributed by atoms with van der Waals surface area (Å²) in [5.74, 6) is 0. The molecule has 1 aliphatic heterocycles. The quantitative estimate of drug-likeness (QED) is 0.428. The van der Waals surface area contributed by atoms with Crippen LogP contribution in [0.1, 0.15) is 11.1 Å². The molecule has 0 N–H and O–H groups in total. The summed E-state index contributed by atoms with van der Waals surface area (Å²) in [5, 5.41) is 0. The van der Waals surface area contributed by atoms with Crippen molar-refractivity contribution in [1.29, 1.82) is 0 Å². The highest BCUT2D eigenvalue weighted by Gasteiger charge is 2.57. The summed E-state index contributed by atoms with van der Waals surface area (Å²) >= 11 is 2.10. The largest absolute Gasteiger partial charge is 0.107 e. The number of thioether (sulfide) groups is 1. The molecule has 0 aliphatic carbocycles. The van der Waals surface area contributed by atoms with Crippen molar-refractivity contribution in [2.45, 2.75) is 44.0 Å². The van der Waals surface area contributed by atoms with Crippen LogP contribution in [0.5, 0.6) is 0 Å². The summed E-state index contributed by atoms with van der Waals surface area (Å²) < 4.78 is 0.0540. The molecule has 0 radical (unpaired) electrons. The SMILES string of the molecule is C[Si](C)(C)C(=C1SC1(c1ccccc1)c1ccccc1)[Si](C)(C)C. The summed E-state index contributed by atoms with van der Waals surface area (Å²) in [5.41, 5.74) is 2.87. The maximum atomic E-state index is 2.52. The fourth-order valence-electron chi connectivity index (χ4n) is 4.05. The molecule has 0 saturated carbocycles. The van der Waals surface area contributed by atoms with Gasteiger partial charge in [0.1, 0.15) is 4.75 Å². The second-order valence-electron chi connectivity index (χ2n) is 8.72. The minimum atomic E-state index is -1.36. The molecule has 0 atom stereocenters. The number of hydrogen-bond donors (Lipinski definition) is 0. The molecule has 24 heavy (non-hydrogen) atoms. The molecule has 0 unspecified atom stereocenters. The van der Waals surface area contributed by atoms with Gasteiger partial charge in [-0.05, 0) is 11.1 Å². The molecule has 3 heteroatoms. The van der Waals surface area contributed by atoms with E-state index in [4.69, 9.17) is 0 Å². The first-order chi connectivity index (χ1) is 11.2. The molecule has 126 valence electrons. The second kappa shape index (κ2) is 6.04. The molecule has 2 aromatic rings. The Balaban J connectivity index is 2.27. The van der Waals surface area contributed by atoms with Crippen molar-refractivity contribution in [3.05, 3.63) is 81.5 Å². The molecular weight excluding hydrogens is 340 g/mol. The van der Waals surface area contributed by atoms with Crippen LogP contribution in [0, 0.1) is 0 Å². The normalized spacial score (nSPS) is 16.8. The third-order valence-corrected chi connectivity index (χ3v) is 14.5. The van der Waals surface area contributed by atoms with E-state index in [0.29, 0.717) is 0 Å². The van der Waals surface area contributed by atoms with E-state index in [1.54, 1.807) is 4.91 Å². The zero-order valence-electron chi connectivity index (χ0n) is 15.7. The molecule has 1 fully saturated rings. The van der Waals surface area contributed by atoms with E-state index in [1.165, 1.54) is 11.1 Å². The van der Waals surface area contributed by atoms with Gasteiger partial charge in [-0.15, -0.1) is 11.8 Å². The lowest BCUT2D eigenvalue weighted by Gasteiger charge is -2.32. The maximum absolute atomic E-state index is 2.52. The third kappa shape index (κ3) is 3.09. The minimum Gasteiger partial charge on any atom is -0.107 e. The van der Waals surface area contributed by atoms with Crippen molar-refractivity contribution < 1.29 is 0 Å². The molecule has 1 heterocycles. The highest BCUT2D eigenvalue weighted by Crippen LogP contribution is 2.71. The second-order valence-corrected chi connectivity index (χ2v) is 20.4. The lowest BCUT2D eigenvalue weighted by atomic mass is 9.91. The molecule has 1 aliphatic rings. The van der Waals surface area contributed by atoms with Gasteiger partial charge in [0, 0.05) is 4.91 Å². The number of hydrogen-bond acceptors (Lipinski definition) is 1. The Kier molecular flexibility index (Phi) is 4.48. The minimum absolute atomic E-state index is 0.0540. The fraction of sp³-hybridized carbons (Fsp3) is 0.333. The predicted octanol–water partition coefficient (Wildman–Crippen LogP) is 6.69. The van der Waals surface area contributed by atoms with Crippen molar-refractivity contribution in [3.63, 3.8) is 0 Å². The van der Waals surface area contributed by atoms with Crippen LogP contribution in [0.15, 0.2) is 70.4 Å². The van der Waals surface area contributed by atoms with E-state index in [1.807, 2.05) is 4.82 Å². The van der Waals surface area contributed by atoms with Gasteiger partial charge in [-0.1, -0.05) is 105 Å². The van der Waals surface area contributed by atoms with Crippen molar-refractivity contribution >= 4 is 27.9 Å². The van der Waals surface area contributed by atoms with Crippen LogP contribution >= 0.6 is 11.8 Å². The van der Waals surface area contributed by atoms with Crippen molar-refractivity contribution in [3.8, 4) is 0 Å². The monoisotopic (exact) mass is 368 g/mol. The Bertz CT molecular complexity index is 694. The highest BCUT2D eigenvalue weighted by molar-refractivity contribution is 8.12. The summed E-state index contributed by atoms with van der Waals surface area (Å²) in [6.45, 7) is 15.1.